The van der Waals surface area contributed by atoms with E-state index in [4.69, 9.17) is 9.47 Å². The second kappa shape index (κ2) is 12.1. The number of nitrogens with zero attached hydrogens (tertiary/aromatic N) is 2. The predicted octanol–water partition coefficient (Wildman–Crippen LogP) is 5.14. The third-order valence-electron chi connectivity index (χ3n) is 5.52. The van der Waals surface area contributed by atoms with Gasteiger partial charge in [-0.25, -0.2) is 22.7 Å². The van der Waals surface area contributed by atoms with E-state index in [0.29, 0.717) is 15.5 Å². The lowest BCUT2D eigenvalue weighted by Gasteiger charge is -2.28. The molecule has 1 aliphatic heterocycles. The Balaban J connectivity index is 1.71. The van der Waals surface area contributed by atoms with Crippen molar-refractivity contribution in [2.45, 2.75) is 56.3 Å². The van der Waals surface area contributed by atoms with Crippen molar-refractivity contribution in [1.29, 1.82) is 0 Å². The number of sulfonamides is 1. The maximum atomic E-state index is 13.1. The van der Waals surface area contributed by atoms with E-state index in [1.165, 1.54) is 15.9 Å². The molecule has 3 rings (SSSR count). The summed E-state index contributed by atoms with van der Waals surface area (Å²) in [5.74, 6) is 0. The van der Waals surface area contributed by atoms with Gasteiger partial charge in [0.1, 0.15) is 12.2 Å². The molecule has 1 N–H and O–H groups in total. The summed E-state index contributed by atoms with van der Waals surface area (Å²) in [4.78, 5) is 28.5. The summed E-state index contributed by atoms with van der Waals surface area (Å²) in [5, 5.41) is 0. The molecule has 0 aromatic heterocycles. The van der Waals surface area contributed by atoms with Gasteiger partial charge in [0.25, 0.3) is 0 Å². The number of hydrogen-bond donors (Lipinski definition) is 1. The van der Waals surface area contributed by atoms with E-state index in [0.717, 1.165) is 5.56 Å². The van der Waals surface area contributed by atoms with Gasteiger partial charge in [-0.2, -0.15) is 0 Å². The average molecular weight is 661 g/mol. The number of carbonyl (C=O) groups excluding carboxylic acids is 2. The Hall–Kier alpha value is -2.15. The maximum Gasteiger partial charge on any atom is 0.410 e. The zero-order valence-electron chi connectivity index (χ0n) is 21.1. The maximum absolute atomic E-state index is 13.1. The quantitative estimate of drug-likeness (QED) is 0.441. The molecule has 12 heteroatoms. The van der Waals surface area contributed by atoms with Crippen molar-refractivity contribution in [3.8, 4) is 0 Å². The normalized spacial score (nSPS) is 17.9. The molecule has 0 aliphatic carbocycles. The van der Waals surface area contributed by atoms with Gasteiger partial charge in [-0.3, -0.25) is 0 Å². The minimum atomic E-state index is -3.91. The van der Waals surface area contributed by atoms with Gasteiger partial charge in [-0.1, -0.05) is 46.3 Å². The highest BCUT2D eigenvalue weighted by molar-refractivity contribution is 9.11. The fourth-order valence-electron chi connectivity index (χ4n) is 3.87. The Morgan fingerprint density at radius 2 is 1.81 bits per heavy atom. The first kappa shape index (κ1) is 29.4. The van der Waals surface area contributed by atoms with Crippen LogP contribution in [-0.4, -0.2) is 68.3 Å². The summed E-state index contributed by atoms with van der Waals surface area (Å²) >= 11 is 6.59. The molecule has 1 heterocycles. The first-order valence-corrected chi connectivity index (χ1v) is 14.7. The number of carbonyl (C=O) groups is 2. The number of amides is 2. The van der Waals surface area contributed by atoms with E-state index in [1.54, 1.807) is 40.0 Å². The number of likely N-dealkylation sites (tertiary alicyclic amines) is 1. The first-order valence-electron chi connectivity index (χ1n) is 11.6. The lowest BCUT2D eigenvalue weighted by molar-refractivity contribution is 0.0139. The Morgan fingerprint density at radius 1 is 1.14 bits per heavy atom. The molecular formula is C25H31Br2N3O6S. The van der Waals surface area contributed by atoms with Crippen LogP contribution in [0.15, 0.2) is 62.4 Å². The molecule has 0 bridgehead atoms. The van der Waals surface area contributed by atoms with Gasteiger partial charge in [0.15, 0.2) is 0 Å². The molecule has 0 spiro atoms. The van der Waals surface area contributed by atoms with E-state index < -0.39 is 39.9 Å². The second-order valence-electron chi connectivity index (χ2n) is 9.83. The summed E-state index contributed by atoms with van der Waals surface area (Å²) in [6.07, 6.45) is -0.897. The highest BCUT2D eigenvalue weighted by atomic mass is 79.9. The average Bonchev–Trinajstić information content (AvgIpc) is 3.20. The van der Waals surface area contributed by atoms with E-state index in [1.807, 2.05) is 30.3 Å². The third kappa shape index (κ3) is 8.42. The van der Waals surface area contributed by atoms with Crippen molar-refractivity contribution in [3.63, 3.8) is 0 Å². The van der Waals surface area contributed by atoms with Crippen LogP contribution in [0.3, 0.4) is 0 Å². The van der Waals surface area contributed by atoms with Crippen molar-refractivity contribution in [1.82, 2.24) is 14.5 Å². The van der Waals surface area contributed by atoms with Crippen LogP contribution < -0.4 is 4.72 Å². The summed E-state index contributed by atoms with van der Waals surface area (Å²) in [7, 11) is -2.28. The van der Waals surface area contributed by atoms with Crippen LogP contribution in [0.4, 0.5) is 9.59 Å². The first-order chi connectivity index (χ1) is 17.2. The molecule has 0 unspecified atom stereocenters. The topological polar surface area (TPSA) is 105 Å². The van der Waals surface area contributed by atoms with Gasteiger partial charge in [0, 0.05) is 35.1 Å². The van der Waals surface area contributed by atoms with Gasteiger partial charge in [-0.05, 0) is 66.9 Å². The monoisotopic (exact) mass is 659 g/mol. The molecule has 2 atom stereocenters. The fraction of sp³-hybridized carbons (Fsp3) is 0.440. The molecule has 0 saturated carbocycles. The minimum absolute atomic E-state index is 0.0713. The van der Waals surface area contributed by atoms with E-state index in [9.17, 15) is 18.0 Å². The zero-order chi connectivity index (χ0) is 27.4. The zero-order valence-corrected chi connectivity index (χ0v) is 25.1. The second-order valence-corrected chi connectivity index (χ2v) is 13.3. The predicted molar refractivity (Wildman–Crippen MR) is 147 cm³/mol. The standard InChI is InChI=1S/C25H31Br2N3O6S/c1-25(2,3)36-24(32)30-15-19(28-37(33,34)22-12-18(26)10-11-21(22)27)13-20(30)16-35-23(31)29(4)14-17-8-6-5-7-9-17/h5-12,19-20,28H,13-16H2,1-4H3/t19-,20-/m1/s1. The minimum Gasteiger partial charge on any atom is -0.447 e. The van der Waals surface area contributed by atoms with Gasteiger partial charge < -0.3 is 19.3 Å². The van der Waals surface area contributed by atoms with Crippen LogP contribution in [0.1, 0.15) is 32.8 Å². The SMILES string of the molecule is CN(Cc1ccccc1)C(=O)OC[C@H]1C[C@@H](NS(=O)(=O)c2cc(Br)ccc2Br)CN1C(=O)OC(C)(C)C. The van der Waals surface area contributed by atoms with Crippen molar-refractivity contribution >= 4 is 54.1 Å². The van der Waals surface area contributed by atoms with E-state index in [2.05, 4.69) is 36.6 Å². The van der Waals surface area contributed by atoms with Crippen molar-refractivity contribution in [2.75, 3.05) is 20.2 Å². The smallest absolute Gasteiger partial charge is 0.410 e. The molecule has 9 nitrogen and oxygen atoms in total. The van der Waals surface area contributed by atoms with Crippen molar-refractivity contribution < 1.29 is 27.5 Å². The van der Waals surface area contributed by atoms with Crippen molar-refractivity contribution in [2.24, 2.45) is 0 Å². The number of hydrogen-bond acceptors (Lipinski definition) is 6. The highest BCUT2D eigenvalue weighted by Crippen LogP contribution is 2.28. The Labute approximate surface area is 234 Å². The molecule has 0 radical (unpaired) electrons. The summed E-state index contributed by atoms with van der Waals surface area (Å²) < 4.78 is 41.0. The van der Waals surface area contributed by atoms with Crippen LogP contribution in [0.25, 0.3) is 0 Å². The highest BCUT2D eigenvalue weighted by Gasteiger charge is 2.40. The Morgan fingerprint density at radius 3 is 2.46 bits per heavy atom. The van der Waals surface area contributed by atoms with Crippen LogP contribution in [0, 0.1) is 0 Å². The molecule has 1 aliphatic rings. The molecule has 202 valence electrons. The van der Waals surface area contributed by atoms with Gasteiger partial charge in [-0.15, -0.1) is 0 Å². The van der Waals surface area contributed by atoms with Gasteiger partial charge in [0.2, 0.25) is 10.0 Å². The van der Waals surface area contributed by atoms with Crippen LogP contribution in [0.2, 0.25) is 0 Å². The number of halogens is 2. The number of ether oxygens (including phenoxy) is 2. The fourth-order valence-corrected chi connectivity index (χ4v) is 6.61. The van der Waals surface area contributed by atoms with E-state index >= 15 is 0 Å². The molecule has 1 saturated heterocycles. The Bertz CT molecular complexity index is 1220. The Kier molecular flexibility index (Phi) is 9.65. The van der Waals surface area contributed by atoms with Crippen LogP contribution in [-0.2, 0) is 26.0 Å². The summed E-state index contributed by atoms with van der Waals surface area (Å²) in [6.45, 7) is 5.58. The largest absolute Gasteiger partial charge is 0.447 e. The van der Waals surface area contributed by atoms with Crippen molar-refractivity contribution in [3.05, 3.63) is 63.0 Å². The lowest BCUT2D eigenvalue weighted by atomic mass is 10.2. The number of rotatable bonds is 7. The van der Waals surface area contributed by atoms with Gasteiger partial charge in [0.05, 0.1) is 10.9 Å². The molecule has 2 aromatic rings. The summed E-state index contributed by atoms with van der Waals surface area (Å²) in [6, 6.07) is 13.2. The number of nitrogens with one attached hydrogen (secondary N) is 1. The molecule has 37 heavy (non-hydrogen) atoms. The van der Waals surface area contributed by atoms with E-state index in [-0.39, 0.29) is 24.5 Å². The molecule has 2 amide bonds. The molecule has 2 aromatic carbocycles. The van der Waals surface area contributed by atoms with Gasteiger partial charge >= 0.3 is 12.2 Å². The third-order valence-corrected chi connectivity index (χ3v) is 8.53. The van der Waals surface area contributed by atoms with Crippen LogP contribution in [0.5, 0.6) is 0 Å². The molecule has 1 fully saturated rings. The number of benzene rings is 2. The molecular weight excluding hydrogens is 630 g/mol. The summed E-state index contributed by atoms with van der Waals surface area (Å²) in [5.41, 5.74) is 0.207. The van der Waals surface area contributed by atoms with Crippen LogP contribution >= 0.6 is 31.9 Å². The lowest BCUT2D eigenvalue weighted by Crippen LogP contribution is -2.43.